The molecule has 10 nitrogen and oxygen atoms in total. The van der Waals surface area contributed by atoms with Gasteiger partial charge in [0, 0.05) is 62.9 Å². The molecule has 2 aliphatic carbocycles. The lowest BCUT2D eigenvalue weighted by atomic mass is 10.1. The molecule has 45 heavy (non-hydrogen) atoms. The fraction of sp³-hybridized carbons (Fsp3) is 0.452. The summed E-state index contributed by atoms with van der Waals surface area (Å²) in [6.45, 7) is 1.95. The number of amides is 2. The van der Waals surface area contributed by atoms with Crippen LogP contribution in [-0.2, 0) is 17.5 Å². The zero-order chi connectivity index (χ0) is 31.3. The van der Waals surface area contributed by atoms with Gasteiger partial charge in [-0.2, -0.15) is 18.3 Å². The van der Waals surface area contributed by atoms with Crippen LogP contribution in [0, 0.1) is 17.7 Å². The number of hydrogen-bond acceptors (Lipinski definition) is 6. The van der Waals surface area contributed by atoms with Crippen LogP contribution in [0.25, 0.3) is 16.9 Å². The Hall–Kier alpha value is -4.49. The highest BCUT2D eigenvalue weighted by molar-refractivity contribution is 5.95. The number of halogens is 4. The van der Waals surface area contributed by atoms with E-state index in [2.05, 4.69) is 20.4 Å². The summed E-state index contributed by atoms with van der Waals surface area (Å²) < 4.78 is 59.8. The van der Waals surface area contributed by atoms with Crippen LogP contribution in [0.2, 0.25) is 0 Å². The Balaban J connectivity index is 1.07. The van der Waals surface area contributed by atoms with Crippen molar-refractivity contribution < 1.29 is 27.2 Å². The molecule has 0 unspecified atom stereocenters. The molecule has 0 radical (unpaired) electrons. The first-order chi connectivity index (χ1) is 21.7. The molecule has 2 amide bonds. The number of rotatable bonds is 7. The standard InChI is InChI=1S/C31H32F4N8O2/c32-24-15-21(7-8-22(24)30(45)41-13-11-40(12-14-41)29(44)20-3-1-2-4-20)38-27-28-37-16-25(43(28)10-9-36-27)23-18-42(17-19-5-6-19)39-26(23)31(33,34)35/h7-10,15-16,18-20H,1-6,11-14,17H2,(H,36,38). The van der Waals surface area contributed by atoms with Gasteiger partial charge in [-0.25, -0.2) is 14.4 Å². The molecule has 1 saturated heterocycles. The molecule has 0 bridgehead atoms. The number of benzene rings is 1. The maximum Gasteiger partial charge on any atom is 0.435 e. The van der Waals surface area contributed by atoms with E-state index in [9.17, 15) is 22.8 Å². The van der Waals surface area contributed by atoms with Crippen LogP contribution in [0.5, 0.6) is 0 Å². The molecule has 7 rings (SSSR count). The highest BCUT2D eigenvalue weighted by Gasteiger charge is 2.39. The van der Waals surface area contributed by atoms with Crippen molar-refractivity contribution in [1.82, 2.24) is 33.9 Å². The minimum Gasteiger partial charge on any atom is -0.339 e. The van der Waals surface area contributed by atoms with Gasteiger partial charge in [0.2, 0.25) is 5.91 Å². The largest absolute Gasteiger partial charge is 0.435 e. The SMILES string of the molecule is O=C(c1ccc(Nc2nccn3c(-c4cn(CC5CC5)nc4C(F)(F)F)cnc23)cc1F)N1CCN(C(=O)C2CCCC2)CC1. The fourth-order valence-corrected chi connectivity index (χ4v) is 6.32. The second-order valence-corrected chi connectivity index (χ2v) is 12.1. The van der Waals surface area contributed by atoms with Gasteiger partial charge >= 0.3 is 6.18 Å². The third-order valence-electron chi connectivity index (χ3n) is 8.92. The lowest BCUT2D eigenvalue weighted by Gasteiger charge is -2.36. The van der Waals surface area contributed by atoms with Crippen LogP contribution in [0.1, 0.15) is 54.6 Å². The molecule has 3 aliphatic rings. The maximum absolute atomic E-state index is 15.3. The number of hydrogen-bond donors (Lipinski definition) is 1. The van der Waals surface area contributed by atoms with Gasteiger partial charge in [0.1, 0.15) is 5.82 Å². The summed E-state index contributed by atoms with van der Waals surface area (Å²) in [6, 6.07) is 4.09. The van der Waals surface area contributed by atoms with Gasteiger partial charge in [0.25, 0.3) is 5.91 Å². The molecular formula is C31H32F4N8O2. The Kier molecular flexibility index (Phi) is 7.44. The normalized spacial score (nSPS) is 17.8. The fourth-order valence-electron chi connectivity index (χ4n) is 6.32. The Labute approximate surface area is 256 Å². The molecule has 1 aliphatic heterocycles. The van der Waals surface area contributed by atoms with E-state index in [1.54, 1.807) is 4.90 Å². The first-order valence-electron chi connectivity index (χ1n) is 15.3. The van der Waals surface area contributed by atoms with E-state index < -0.39 is 23.6 Å². The second-order valence-electron chi connectivity index (χ2n) is 12.1. The average molecular weight is 625 g/mol. The number of fused-ring (bicyclic) bond motifs is 1. The highest BCUT2D eigenvalue weighted by Crippen LogP contribution is 2.38. The number of anilines is 2. The van der Waals surface area contributed by atoms with E-state index >= 15 is 4.39 Å². The summed E-state index contributed by atoms with van der Waals surface area (Å²) in [5.74, 6) is -0.420. The van der Waals surface area contributed by atoms with Gasteiger partial charge in [-0.05, 0) is 49.8 Å². The summed E-state index contributed by atoms with van der Waals surface area (Å²) in [4.78, 5) is 37.8. The van der Waals surface area contributed by atoms with Crippen LogP contribution in [0.3, 0.4) is 0 Å². The Morgan fingerprint density at radius 3 is 2.40 bits per heavy atom. The molecule has 3 fully saturated rings. The molecule has 0 spiro atoms. The summed E-state index contributed by atoms with van der Waals surface area (Å²) in [7, 11) is 0. The topological polar surface area (TPSA) is 101 Å². The summed E-state index contributed by atoms with van der Waals surface area (Å²) in [6.07, 6.45) is 6.92. The first-order valence-corrected chi connectivity index (χ1v) is 15.3. The van der Waals surface area contributed by atoms with Crippen molar-refractivity contribution in [2.45, 2.75) is 51.2 Å². The predicted octanol–water partition coefficient (Wildman–Crippen LogP) is 5.38. The van der Waals surface area contributed by atoms with Crippen molar-refractivity contribution in [2.75, 3.05) is 31.5 Å². The van der Waals surface area contributed by atoms with Crippen LogP contribution in [0.4, 0.5) is 29.1 Å². The van der Waals surface area contributed by atoms with Gasteiger partial charge in [-0.3, -0.25) is 18.7 Å². The van der Waals surface area contributed by atoms with E-state index in [-0.39, 0.29) is 45.8 Å². The monoisotopic (exact) mass is 624 g/mol. The van der Waals surface area contributed by atoms with E-state index in [4.69, 9.17) is 0 Å². The molecule has 1 N–H and O–H groups in total. The van der Waals surface area contributed by atoms with Gasteiger partial charge in [0.05, 0.1) is 23.0 Å². The number of aromatic nitrogens is 5. The number of alkyl halides is 3. The molecule has 4 aromatic rings. The number of nitrogens with one attached hydrogen (secondary N) is 1. The minimum absolute atomic E-state index is 0.0759. The van der Waals surface area contributed by atoms with Crippen molar-refractivity contribution in [2.24, 2.45) is 11.8 Å². The molecule has 14 heteroatoms. The molecule has 236 valence electrons. The van der Waals surface area contributed by atoms with Crippen molar-refractivity contribution in [1.29, 1.82) is 0 Å². The quantitative estimate of drug-likeness (QED) is 0.277. The van der Waals surface area contributed by atoms with E-state index in [0.717, 1.165) is 38.5 Å². The number of carbonyl (C=O) groups is 2. The molecule has 1 aromatic carbocycles. The van der Waals surface area contributed by atoms with E-state index in [1.165, 1.54) is 52.1 Å². The van der Waals surface area contributed by atoms with Gasteiger partial charge in [0.15, 0.2) is 17.2 Å². The zero-order valence-electron chi connectivity index (χ0n) is 24.4. The average Bonchev–Trinajstić information content (AvgIpc) is 3.39. The maximum atomic E-state index is 15.3. The number of piperazine rings is 1. The Morgan fingerprint density at radius 2 is 1.71 bits per heavy atom. The minimum atomic E-state index is -4.65. The zero-order valence-corrected chi connectivity index (χ0v) is 24.4. The lowest BCUT2D eigenvalue weighted by molar-refractivity contribution is -0.141. The number of carbonyl (C=O) groups excluding carboxylic acids is 2. The van der Waals surface area contributed by atoms with Crippen LogP contribution in [0.15, 0.2) is 43.0 Å². The van der Waals surface area contributed by atoms with Crippen molar-refractivity contribution >= 4 is 29.0 Å². The molecular weight excluding hydrogens is 592 g/mol. The number of imidazole rings is 1. The molecule has 2 saturated carbocycles. The molecule has 3 aromatic heterocycles. The van der Waals surface area contributed by atoms with E-state index in [0.29, 0.717) is 38.6 Å². The Morgan fingerprint density at radius 1 is 0.978 bits per heavy atom. The predicted molar refractivity (Wildman–Crippen MR) is 156 cm³/mol. The van der Waals surface area contributed by atoms with Gasteiger partial charge < -0.3 is 15.1 Å². The highest BCUT2D eigenvalue weighted by atomic mass is 19.4. The summed E-state index contributed by atoms with van der Waals surface area (Å²) >= 11 is 0. The third kappa shape index (κ3) is 5.85. The van der Waals surface area contributed by atoms with Crippen molar-refractivity contribution in [3.8, 4) is 11.3 Å². The first kappa shape index (κ1) is 29.2. The molecule has 0 atom stereocenters. The van der Waals surface area contributed by atoms with E-state index in [1.807, 2.05) is 4.90 Å². The summed E-state index contributed by atoms with van der Waals surface area (Å²) in [5, 5.41) is 6.82. The van der Waals surface area contributed by atoms with Crippen molar-refractivity contribution in [3.63, 3.8) is 0 Å². The van der Waals surface area contributed by atoms with Gasteiger partial charge in [-0.1, -0.05) is 12.8 Å². The van der Waals surface area contributed by atoms with Crippen molar-refractivity contribution in [3.05, 3.63) is 60.1 Å². The summed E-state index contributed by atoms with van der Waals surface area (Å²) in [5.41, 5.74) is -0.448. The smallest absolute Gasteiger partial charge is 0.339 e. The van der Waals surface area contributed by atoms with Crippen LogP contribution >= 0.6 is 0 Å². The van der Waals surface area contributed by atoms with Crippen LogP contribution < -0.4 is 5.32 Å². The second kappa shape index (κ2) is 11.5. The number of nitrogens with zero attached hydrogens (tertiary/aromatic N) is 7. The Bertz CT molecular complexity index is 1750. The van der Waals surface area contributed by atoms with Gasteiger partial charge in [-0.15, -0.1) is 0 Å². The third-order valence-corrected chi connectivity index (χ3v) is 8.92. The molecule has 4 heterocycles. The lowest BCUT2D eigenvalue weighted by Crippen LogP contribution is -2.51. The van der Waals surface area contributed by atoms with Crippen LogP contribution in [-0.4, -0.2) is 71.9 Å².